The van der Waals surface area contributed by atoms with Gasteiger partial charge in [0.2, 0.25) is 0 Å². The van der Waals surface area contributed by atoms with Gasteiger partial charge in [-0.15, -0.1) is 0 Å². The summed E-state index contributed by atoms with van der Waals surface area (Å²) in [7, 11) is 0. The Balaban J connectivity index is 2.06. The molecule has 0 radical (unpaired) electrons. The van der Waals surface area contributed by atoms with Gasteiger partial charge in [0.1, 0.15) is 5.82 Å². The lowest BCUT2D eigenvalue weighted by molar-refractivity contribution is 0.0395. The minimum Gasteiger partial charge on any atom is -0.381 e. The summed E-state index contributed by atoms with van der Waals surface area (Å²) in [6, 6.07) is 5.33. The summed E-state index contributed by atoms with van der Waals surface area (Å²) in [6.07, 6.45) is 3.25. The van der Waals surface area contributed by atoms with Gasteiger partial charge >= 0.3 is 0 Å². The molecule has 1 aliphatic rings. The summed E-state index contributed by atoms with van der Waals surface area (Å²) < 4.78 is 19.6. The van der Waals surface area contributed by atoms with Gasteiger partial charge in [-0.2, -0.15) is 0 Å². The first-order chi connectivity index (χ1) is 9.20. The molecular formula is C15H21BrFNO. The summed E-state index contributed by atoms with van der Waals surface area (Å²) in [6.45, 7) is 4.78. The van der Waals surface area contributed by atoms with Gasteiger partial charge in [-0.1, -0.05) is 28.9 Å². The first kappa shape index (κ1) is 14.9. The molecule has 0 saturated carbocycles. The molecule has 1 saturated heterocycles. The fourth-order valence-electron chi connectivity index (χ4n) is 2.67. The molecule has 1 aromatic carbocycles. The van der Waals surface area contributed by atoms with Crippen LogP contribution in [0.5, 0.6) is 0 Å². The molecule has 2 unspecified atom stereocenters. The van der Waals surface area contributed by atoms with Gasteiger partial charge < -0.3 is 10.1 Å². The maximum absolute atomic E-state index is 13.1. The van der Waals surface area contributed by atoms with Crippen LogP contribution in [0.25, 0.3) is 0 Å². The van der Waals surface area contributed by atoms with E-state index in [0.717, 1.165) is 42.6 Å². The van der Waals surface area contributed by atoms with Gasteiger partial charge in [0.15, 0.2) is 0 Å². The molecule has 0 spiro atoms. The number of hydrogen-bond donors (Lipinski definition) is 1. The fraction of sp³-hybridized carbons (Fsp3) is 0.600. The Bertz CT molecular complexity index is 407. The number of nitrogens with one attached hydrogen (secondary N) is 1. The number of rotatable bonds is 5. The van der Waals surface area contributed by atoms with Crippen LogP contribution in [0.2, 0.25) is 0 Å². The van der Waals surface area contributed by atoms with E-state index < -0.39 is 0 Å². The molecule has 1 heterocycles. The second-order valence-corrected chi connectivity index (χ2v) is 5.94. The first-order valence-electron chi connectivity index (χ1n) is 6.95. The lowest BCUT2D eigenvalue weighted by Gasteiger charge is -2.31. The lowest BCUT2D eigenvalue weighted by atomic mass is 9.89. The third-order valence-corrected chi connectivity index (χ3v) is 4.42. The van der Waals surface area contributed by atoms with Crippen molar-refractivity contribution in [2.75, 3.05) is 19.8 Å². The Morgan fingerprint density at radius 2 is 2.37 bits per heavy atom. The zero-order valence-corrected chi connectivity index (χ0v) is 12.9. The van der Waals surface area contributed by atoms with Crippen molar-refractivity contribution in [3.63, 3.8) is 0 Å². The highest BCUT2D eigenvalue weighted by Crippen LogP contribution is 2.24. The van der Waals surface area contributed by atoms with Crippen LogP contribution in [-0.2, 0) is 11.2 Å². The normalized spacial score (nSPS) is 21.3. The van der Waals surface area contributed by atoms with Crippen molar-refractivity contribution in [2.24, 2.45) is 5.92 Å². The zero-order chi connectivity index (χ0) is 13.7. The molecule has 1 aromatic rings. The molecule has 4 heteroatoms. The standard InChI is InChI=1S/C15H21BrFNO/c1-2-18-15(12-4-3-7-19-10-12)8-11-5-6-13(17)9-14(11)16/h5-6,9,12,15,18H,2-4,7-8,10H2,1H3. The molecular weight excluding hydrogens is 309 g/mol. The predicted octanol–water partition coefficient (Wildman–Crippen LogP) is 3.54. The van der Waals surface area contributed by atoms with E-state index in [1.54, 1.807) is 0 Å². The van der Waals surface area contributed by atoms with E-state index >= 15 is 0 Å². The van der Waals surface area contributed by atoms with Crippen LogP contribution >= 0.6 is 15.9 Å². The quantitative estimate of drug-likeness (QED) is 0.892. The van der Waals surface area contributed by atoms with Crippen molar-refractivity contribution in [3.8, 4) is 0 Å². The number of benzene rings is 1. The van der Waals surface area contributed by atoms with Crippen LogP contribution < -0.4 is 5.32 Å². The highest BCUT2D eigenvalue weighted by Gasteiger charge is 2.24. The zero-order valence-electron chi connectivity index (χ0n) is 11.3. The van der Waals surface area contributed by atoms with Crippen molar-refractivity contribution < 1.29 is 9.13 Å². The number of hydrogen-bond acceptors (Lipinski definition) is 2. The monoisotopic (exact) mass is 329 g/mol. The summed E-state index contributed by atoms with van der Waals surface area (Å²) in [4.78, 5) is 0. The summed E-state index contributed by atoms with van der Waals surface area (Å²) in [5.41, 5.74) is 1.15. The van der Waals surface area contributed by atoms with Crippen LogP contribution in [0.1, 0.15) is 25.3 Å². The maximum Gasteiger partial charge on any atom is 0.124 e. The smallest absolute Gasteiger partial charge is 0.124 e. The van der Waals surface area contributed by atoms with Gasteiger partial charge in [0.25, 0.3) is 0 Å². The average Bonchev–Trinajstić information content (AvgIpc) is 2.42. The molecule has 0 bridgehead atoms. The number of likely N-dealkylation sites (N-methyl/N-ethyl adjacent to an activating group) is 1. The van der Waals surface area contributed by atoms with Crippen LogP contribution in [0.4, 0.5) is 4.39 Å². The Hall–Kier alpha value is -0.450. The predicted molar refractivity (Wildman–Crippen MR) is 78.8 cm³/mol. The largest absolute Gasteiger partial charge is 0.381 e. The lowest BCUT2D eigenvalue weighted by Crippen LogP contribution is -2.41. The SMILES string of the molecule is CCNC(Cc1ccc(F)cc1Br)C1CCCOC1. The van der Waals surface area contributed by atoms with E-state index in [0.29, 0.717) is 12.0 Å². The topological polar surface area (TPSA) is 21.3 Å². The van der Waals surface area contributed by atoms with Crippen LogP contribution in [0, 0.1) is 11.7 Å². The van der Waals surface area contributed by atoms with Crippen molar-refractivity contribution in [3.05, 3.63) is 34.1 Å². The number of ether oxygens (including phenoxy) is 1. The van der Waals surface area contributed by atoms with E-state index in [2.05, 4.69) is 28.2 Å². The second kappa shape index (κ2) is 7.36. The van der Waals surface area contributed by atoms with Gasteiger partial charge in [-0.25, -0.2) is 4.39 Å². The Labute approximate surface area is 122 Å². The fourth-order valence-corrected chi connectivity index (χ4v) is 3.19. The molecule has 19 heavy (non-hydrogen) atoms. The summed E-state index contributed by atoms with van der Waals surface area (Å²) >= 11 is 3.45. The van der Waals surface area contributed by atoms with Crippen LogP contribution in [0.15, 0.2) is 22.7 Å². The Morgan fingerprint density at radius 1 is 1.53 bits per heavy atom. The summed E-state index contributed by atoms with van der Waals surface area (Å²) in [5, 5.41) is 3.55. The third-order valence-electron chi connectivity index (χ3n) is 3.69. The van der Waals surface area contributed by atoms with Crippen LogP contribution in [0.3, 0.4) is 0 Å². The molecule has 1 aliphatic heterocycles. The molecule has 2 rings (SSSR count). The van der Waals surface area contributed by atoms with Gasteiger partial charge in [-0.3, -0.25) is 0 Å². The van der Waals surface area contributed by atoms with E-state index in [9.17, 15) is 4.39 Å². The van der Waals surface area contributed by atoms with Crippen molar-refractivity contribution in [1.29, 1.82) is 0 Å². The Kier molecular flexibility index (Phi) is 5.79. The van der Waals surface area contributed by atoms with E-state index in [4.69, 9.17) is 4.74 Å². The molecule has 0 amide bonds. The molecule has 2 nitrogen and oxygen atoms in total. The van der Waals surface area contributed by atoms with Gasteiger partial charge in [-0.05, 0) is 49.4 Å². The minimum atomic E-state index is -0.198. The Morgan fingerprint density at radius 3 is 3.00 bits per heavy atom. The molecule has 1 N–H and O–H groups in total. The highest BCUT2D eigenvalue weighted by molar-refractivity contribution is 9.10. The molecule has 1 fully saturated rings. The molecule has 2 atom stereocenters. The summed E-state index contributed by atoms with van der Waals surface area (Å²) in [5.74, 6) is 0.349. The van der Waals surface area contributed by atoms with Crippen LogP contribution in [-0.4, -0.2) is 25.8 Å². The van der Waals surface area contributed by atoms with Gasteiger partial charge in [0, 0.05) is 17.1 Å². The van der Waals surface area contributed by atoms with Crippen molar-refractivity contribution in [1.82, 2.24) is 5.32 Å². The molecule has 0 aromatic heterocycles. The highest BCUT2D eigenvalue weighted by atomic mass is 79.9. The van der Waals surface area contributed by atoms with E-state index in [1.807, 2.05) is 6.07 Å². The second-order valence-electron chi connectivity index (χ2n) is 5.08. The number of halogens is 2. The molecule has 0 aliphatic carbocycles. The maximum atomic E-state index is 13.1. The van der Waals surface area contributed by atoms with Gasteiger partial charge in [0.05, 0.1) is 6.61 Å². The van der Waals surface area contributed by atoms with E-state index in [-0.39, 0.29) is 5.82 Å². The average molecular weight is 330 g/mol. The first-order valence-corrected chi connectivity index (χ1v) is 7.75. The van der Waals surface area contributed by atoms with Crippen molar-refractivity contribution in [2.45, 2.75) is 32.2 Å². The van der Waals surface area contributed by atoms with E-state index in [1.165, 1.54) is 18.6 Å². The van der Waals surface area contributed by atoms with Crippen molar-refractivity contribution >= 4 is 15.9 Å². The minimum absolute atomic E-state index is 0.198. The molecule has 106 valence electrons. The third kappa shape index (κ3) is 4.26.